The van der Waals surface area contributed by atoms with Crippen molar-refractivity contribution in [2.45, 2.75) is 30.6 Å². The third kappa shape index (κ3) is 11.4. The minimum Gasteiger partial charge on any atom is -0.487 e. The largest absolute Gasteiger partial charge is 0.487 e. The van der Waals surface area contributed by atoms with Crippen LogP contribution in [0.1, 0.15) is 25.7 Å². The standard InChI is InChI=1S/C36H39ClN6O10S2/c37-34-40-35(39-27-11-10-25(55(46,47)48)23-26(27)33-38-28-6-3-4-7-31(28)54-33)42-36(41-34)43(13-5-1-2-8-32(44)45)24-9-12-29-30(22-24)53-21-19-51-17-15-49-14-16-50-18-20-52-29/h3-4,6-7,9-12,22-23H,1-2,5,8,13-21H2,(H,44,45)(H,46,47,48)(H,39,40,41,42). The van der Waals surface area contributed by atoms with Crippen molar-refractivity contribution in [3.63, 3.8) is 0 Å². The van der Waals surface area contributed by atoms with Gasteiger partial charge in [0.15, 0.2) is 11.5 Å². The number of carboxylic acid groups (broad SMARTS) is 1. The number of hydrogen-bond acceptors (Lipinski definition) is 15. The number of para-hydroxylation sites is 1. The lowest BCUT2D eigenvalue weighted by molar-refractivity contribution is -0.137. The number of benzene rings is 3. The first-order valence-corrected chi connectivity index (χ1v) is 20.1. The first-order chi connectivity index (χ1) is 26.6. The Kier molecular flexibility index (Phi) is 14.0. The molecule has 0 saturated carbocycles. The number of fused-ring (bicyclic) bond motifs is 2. The van der Waals surface area contributed by atoms with Crippen LogP contribution in [-0.2, 0) is 29.1 Å². The van der Waals surface area contributed by atoms with Crippen LogP contribution in [0.25, 0.3) is 20.8 Å². The lowest BCUT2D eigenvalue weighted by Crippen LogP contribution is -2.22. The molecule has 6 rings (SSSR count). The zero-order valence-electron chi connectivity index (χ0n) is 29.6. The number of aliphatic carboxylic acids is 1. The molecular weight excluding hydrogens is 776 g/mol. The quantitative estimate of drug-likeness (QED) is 0.0921. The number of nitrogens with zero attached hydrogens (tertiary/aromatic N) is 5. The van der Waals surface area contributed by atoms with Crippen molar-refractivity contribution in [2.75, 3.05) is 69.6 Å². The van der Waals surface area contributed by atoms with E-state index in [0.29, 0.717) is 98.9 Å². The number of rotatable bonds is 12. The topological polar surface area (TPSA) is 205 Å². The minimum atomic E-state index is -4.54. The van der Waals surface area contributed by atoms with Gasteiger partial charge in [-0.05, 0) is 66.9 Å². The maximum atomic E-state index is 12.1. The number of carboxylic acids is 1. The van der Waals surface area contributed by atoms with Crippen molar-refractivity contribution in [3.05, 3.63) is 65.9 Å². The SMILES string of the molecule is O=C(O)CCCCCN(c1ccc2c(c1)OCCOCCOCCOCCO2)c1nc(Cl)nc(Nc2ccc(S(=O)(=O)O)cc2-c2nc3ccccc3s2)n1. The van der Waals surface area contributed by atoms with Crippen molar-refractivity contribution in [1.82, 2.24) is 19.9 Å². The zero-order valence-corrected chi connectivity index (χ0v) is 31.9. The van der Waals surface area contributed by atoms with Crippen LogP contribution in [0.5, 0.6) is 11.5 Å². The summed E-state index contributed by atoms with van der Waals surface area (Å²) in [5.41, 5.74) is 2.12. The van der Waals surface area contributed by atoms with E-state index < -0.39 is 16.1 Å². The van der Waals surface area contributed by atoms with Gasteiger partial charge in [0.25, 0.3) is 10.1 Å². The smallest absolute Gasteiger partial charge is 0.303 e. The van der Waals surface area contributed by atoms with Gasteiger partial charge in [-0.1, -0.05) is 18.6 Å². The van der Waals surface area contributed by atoms with Gasteiger partial charge >= 0.3 is 5.97 Å². The van der Waals surface area contributed by atoms with Crippen molar-refractivity contribution in [2.24, 2.45) is 0 Å². The summed E-state index contributed by atoms with van der Waals surface area (Å²) in [5, 5.41) is 12.7. The van der Waals surface area contributed by atoms with E-state index in [-0.39, 0.29) is 41.7 Å². The van der Waals surface area contributed by atoms with E-state index in [1.807, 2.05) is 35.2 Å². The number of nitrogens with one attached hydrogen (secondary N) is 1. The molecule has 0 radical (unpaired) electrons. The van der Waals surface area contributed by atoms with Gasteiger partial charge in [-0.15, -0.1) is 11.3 Å². The molecule has 55 heavy (non-hydrogen) atoms. The van der Waals surface area contributed by atoms with Gasteiger partial charge in [0.05, 0.1) is 60.4 Å². The third-order valence-electron chi connectivity index (χ3n) is 8.12. The van der Waals surface area contributed by atoms with Crippen molar-refractivity contribution in [1.29, 1.82) is 0 Å². The number of ether oxygens (including phenoxy) is 5. The number of halogens is 1. The summed E-state index contributed by atoms with van der Waals surface area (Å²) in [7, 11) is -4.54. The summed E-state index contributed by atoms with van der Waals surface area (Å²) in [6.45, 7) is 3.29. The number of unbranched alkanes of at least 4 members (excludes halogenated alkanes) is 2. The molecule has 0 atom stereocenters. The molecule has 0 aliphatic carbocycles. The van der Waals surface area contributed by atoms with E-state index in [4.69, 9.17) is 45.4 Å². The lowest BCUT2D eigenvalue weighted by atomic mass is 10.1. The Morgan fingerprint density at radius 2 is 1.53 bits per heavy atom. The molecule has 292 valence electrons. The van der Waals surface area contributed by atoms with E-state index in [2.05, 4.69) is 20.3 Å². The highest BCUT2D eigenvalue weighted by Gasteiger charge is 2.21. The maximum Gasteiger partial charge on any atom is 0.303 e. The van der Waals surface area contributed by atoms with Crippen LogP contribution in [-0.4, -0.2) is 103 Å². The van der Waals surface area contributed by atoms with Crippen LogP contribution in [0.4, 0.5) is 23.3 Å². The van der Waals surface area contributed by atoms with E-state index >= 15 is 0 Å². The molecule has 1 aliphatic rings. The van der Waals surface area contributed by atoms with Gasteiger partial charge in [-0.25, -0.2) is 4.98 Å². The summed E-state index contributed by atoms with van der Waals surface area (Å²) in [5.74, 6) is 0.287. The maximum absolute atomic E-state index is 12.1. The second-order valence-corrected chi connectivity index (χ2v) is 14.8. The van der Waals surface area contributed by atoms with Crippen LogP contribution in [0, 0.1) is 0 Å². The predicted octanol–water partition coefficient (Wildman–Crippen LogP) is 6.40. The average Bonchev–Trinajstić information content (AvgIpc) is 3.58. The van der Waals surface area contributed by atoms with Gasteiger partial charge < -0.3 is 39.0 Å². The highest BCUT2D eigenvalue weighted by atomic mass is 35.5. The van der Waals surface area contributed by atoms with Crippen molar-refractivity contribution >= 4 is 72.5 Å². The molecule has 0 amide bonds. The van der Waals surface area contributed by atoms with Crippen LogP contribution in [0.2, 0.25) is 5.28 Å². The van der Waals surface area contributed by atoms with Crippen LogP contribution < -0.4 is 19.7 Å². The first-order valence-electron chi connectivity index (χ1n) is 17.4. The Balaban J connectivity index is 1.33. The molecule has 3 aromatic carbocycles. The van der Waals surface area contributed by atoms with Gasteiger partial charge in [-0.2, -0.15) is 23.4 Å². The number of aromatic nitrogens is 4. The summed E-state index contributed by atoms with van der Waals surface area (Å²) in [4.78, 5) is 30.8. The Morgan fingerprint density at radius 3 is 2.24 bits per heavy atom. The summed E-state index contributed by atoms with van der Waals surface area (Å²) >= 11 is 7.86. The molecule has 0 saturated heterocycles. The molecular formula is C36H39ClN6O10S2. The Labute approximate surface area is 326 Å². The third-order valence-corrected chi connectivity index (χ3v) is 10.2. The normalized spacial score (nSPS) is 14.5. The Morgan fingerprint density at radius 1 is 0.818 bits per heavy atom. The molecule has 2 aromatic heterocycles. The first kappa shape index (κ1) is 40.0. The van der Waals surface area contributed by atoms with E-state index in [0.717, 1.165) is 10.2 Å². The van der Waals surface area contributed by atoms with E-state index in [1.165, 1.54) is 29.5 Å². The molecule has 16 nitrogen and oxygen atoms in total. The molecule has 5 aromatic rings. The monoisotopic (exact) mass is 814 g/mol. The molecule has 0 spiro atoms. The number of thiazole rings is 1. The Bertz CT molecular complexity index is 2160. The molecule has 3 heterocycles. The van der Waals surface area contributed by atoms with E-state index in [9.17, 15) is 17.8 Å². The average molecular weight is 815 g/mol. The van der Waals surface area contributed by atoms with Crippen LogP contribution in [0.3, 0.4) is 0 Å². The zero-order chi connectivity index (χ0) is 38.6. The highest BCUT2D eigenvalue weighted by molar-refractivity contribution is 7.85. The summed E-state index contributed by atoms with van der Waals surface area (Å²) in [6, 6.07) is 16.9. The molecule has 0 fully saturated rings. The van der Waals surface area contributed by atoms with Gasteiger partial charge in [0.2, 0.25) is 17.2 Å². The molecule has 1 aliphatic heterocycles. The number of hydrogen-bond donors (Lipinski definition) is 3. The van der Waals surface area contributed by atoms with Gasteiger partial charge in [-0.3, -0.25) is 9.35 Å². The van der Waals surface area contributed by atoms with Crippen molar-refractivity contribution < 1.29 is 46.6 Å². The lowest BCUT2D eigenvalue weighted by Gasteiger charge is -2.25. The van der Waals surface area contributed by atoms with Crippen LogP contribution >= 0.6 is 22.9 Å². The van der Waals surface area contributed by atoms with Crippen molar-refractivity contribution in [3.8, 4) is 22.1 Å². The second-order valence-electron chi connectivity index (χ2n) is 12.0. The Hall–Kier alpha value is -4.69. The molecule has 0 unspecified atom stereocenters. The molecule has 19 heteroatoms. The number of anilines is 4. The molecule has 0 bridgehead atoms. The van der Waals surface area contributed by atoms with Gasteiger partial charge in [0, 0.05) is 30.3 Å². The van der Waals surface area contributed by atoms with Gasteiger partial charge in [0.1, 0.15) is 18.2 Å². The highest BCUT2D eigenvalue weighted by Crippen LogP contribution is 2.38. The van der Waals surface area contributed by atoms with Crippen LogP contribution in [0.15, 0.2) is 65.6 Å². The molecule has 3 N–H and O–H groups in total. The predicted molar refractivity (Wildman–Crippen MR) is 206 cm³/mol. The fourth-order valence-electron chi connectivity index (χ4n) is 5.52. The summed E-state index contributed by atoms with van der Waals surface area (Å²) in [6.07, 6.45) is 1.72. The minimum absolute atomic E-state index is 0.0426. The fraction of sp³-hybridized carbons (Fsp3) is 0.361. The fourth-order valence-corrected chi connectivity index (χ4v) is 7.18. The number of carbonyl (C=O) groups is 1. The summed E-state index contributed by atoms with van der Waals surface area (Å²) < 4.78 is 63.9. The second kappa shape index (κ2) is 19.3. The van der Waals surface area contributed by atoms with E-state index in [1.54, 1.807) is 12.1 Å².